The summed E-state index contributed by atoms with van der Waals surface area (Å²) in [5.41, 5.74) is -2.92. The predicted octanol–water partition coefficient (Wildman–Crippen LogP) is 1.26. The van der Waals surface area contributed by atoms with Crippen molar-refractivity contribution in [2.75, 3.05) is 46.6 Å². The average molecular weight is 661 g/mol. The highest BCUT2D eigenvalue weighted by atomic mass is 32.2. The van der Waals surface area contributed by atoms with Crippen LogP contribution in [-0.4, -0.2) is 127 Å². The summed E-state index contributed by atoms with van der Waals surface area (Å²) in [4.78, 5) is 15.5. The summed E-state index contributed by atoms with van der Waals surface area (Å²) >= 11 is 0.892. The quantitative estimate of drug-likeness (QED) is 0.272. The van der Waals surface area contributed by atoms with Crippen molar-refractivity contribution < 1.29 is 52.6 Å². The molecule has 45 heavy (non-hydrogen) atoms. The van der Waals surface area contributed by atoms with Crippen LogP contribution in [-0.2, 0) is 19.0 Å². The Bertz CT molecular complexity index is 1290. The van der Waals surface area contributed by atoms with Gasteiger partial charge in [0.15, 0.2) is 17.5 Å². The predicted molar refractivity (Wildman–Crippen MR) is 154 cm³/mol. The fourth-order valence-corrected chi connectivity index (χ4v) is 7.59. The molecule has 1 amide bonds. The Labute approximate surface area is 262 Å². The van der Waals surface area contributed by atoms with Gasteiger partial charge in [0.25, 0.3) is 0 Å². The van der Waals surface area contributed by atoms with Gasteiger partial charge >= 0.3 is 0 Å². The van der Waals surface area contributed by atoms with Gasteiger partial charge in [-0.1, -0.05) is 5.21 Å². The number of thioether (sulfide) groups is 1. The van der Waals surface area contributed by atoms with Crippen molar-refractivity contribution in [3.05, 3.63) is 35.8 Å². The first-order valence-corrected chi connectivity index (χ1v) is 15.9. The Morgan fingerprint density at radius 1 is 1.11 bits per heavy atom. The normalized spacial score (nSPS) is 28.1. The van der Waals surface area contributed by atoms with Crippen LogP contribution in [0.5, 0.6) is 0 Å². The number of benzene rings is 1. The fourth-order valence-electron chi connectivity index (χ4n) is 6.01. The fraction of sp³-hybridized carbons (Fsp3) is 0.690. The lowest BCUT2D eigenvalue weighted by Crippen LogP contribution is -2.58. The molecule has 0 spiro atoms. The molecule has 3 aliphatic rings. The van der Waals surface area contributed by atoms with Gasteiger partial charge in [-0.05, 0) is 37.3 Å². The first kappa shape index (κ1) is 34.0. The minimum Gasteiger partial charge on any atom is -0.394 e. The lowest BCUT2D eigenvalue weighted by molar-refractivity contribution is -0.179. The third-order valence-electron chi connectivity index (χ3n) is 8.87. The number of halogens is 3. The molecule has 0 bridgehead atoms. The number of hydrogen-bond acceptors (Lipinski definition) is 11. The highest BCUT2D eigenvalue weighted by molar-refractivity contribution is 8.01. The van der Waals surface area contributed by atoms with E-state index in [9.17, 15) is 38.4 Å². The van der Waals surface area contributed by atoms with Crippen LogP contribution in [0.1, 0.15) is 38.1 Å². The van der Waals surface area contributed by atoms with Crippen molar-refractivity contribution in [1.82, 2.24) is 19.9 Å². The molecular weight excluding hydrogens is 621 g/mol. The molecule has 4 N–H and O–H groups in total. The van der Waals surface area contributed by atoms with Crippen molar-refractivity contribution in [3.63, 3.8) is 0 Å². The average Bonchev–Trinajstić information content (AvgIpc) is 3.52. The van der Waals surface area contributed by atoms with Gasteiger partial charge < -0.3 is 39.5 Å². The summed E-state index contributed by atoms with van der Waals surface area (Å²) in [6, 6.07) is 0.195. The van der Waals surface area contributed by atoms with E-state index in [2.05, 4.69) is 10.3 Å². The first-order valence-electron chi connectivity index (χ1n) is 15.0. The number of aliphatic hydroxyl groups excluding tert-OH is 3. The van der Waals surface area contributed by atoms with Crippen molar-refractivity contribution in [1.29, 1.82) is 0 Å². The SMILES string of the molecule is CN(CCC1CCOCC1)C(=O)[C@@H](S[C@@H]1O[C@H](CO)[C@H](O)[C@H](n2cc(-c3cc(F)c(F)c(F)c3)nn2)[C@H]1O)C1(O)CCOCC1. The zero-order valence-corrected chi connectivity index (χ0v) is 25.6. The molecule has 1 aromatic heterocycles. The number of carbonyl (C=O) groups is 1. The topological polar surface area (TPSA) is 160 Å². The smallest absolute Gasteiger partial charge is 0.238 e. The number of carbonyl (C=O) groups excluding carboxylic acids is 1. The molecule has 1 aromatic carbocycles. The molecule has 3 aliphatic heterocycles. The molecule has 5 rings (SSSR count). The second-order valence-corrected chi connectivity index (χ2v) is 13.1. The van der Waals surface area contributed by atoms with Crippen LogP contribution in [0.15, 0.2) is 18.3 Å². The van der Waals surface area contributed by atoms with Gasteiger partial charge in [-0.15, -0.1) is 16.9 Å². The second-order valence-electron chi connectivity index (χ2n) is 11.9. The number of ether oxygens (including phenoxy) is 3. The number of hydrogen-bond donors (Lipinski definition) is 4. The summed E-state index contributed by atoms with van der Waals surface area (Å²) in [7, 11) is 1.66. The van der Waals surface area contributed by atoms with E-state index in [4.69, 9.17) is 14.2 Å². The summed E-state index contributed by atoms with van der Waals surface area (Å²) < 4.78 is 59.1. The maximum atomic E-state index is 13.9. The highest BCUT2D eigenvalue weighted by Crippen LogP contribution is 2.42. The Kier molecular flexibility index (Phi) is 11.1. The monoisotopic (exact) mass is 660 g/mol. The van der Waals surface area contributed by atoms with Gasteiger partial charge in [-0.25, -0.2) is 17.9 Å². The lowest BCUT2D eigenvalue weighted by atomic mass is 9.89. The second kappa shape index (κ2) is 14.6. The molecular formula is C29H39F3N4O8S. The molecule has 2 aromatic rings. The van der Waals surface area contributed by atoms with Crippen LogP contribution in [0.4, 0.5) is 13.2 Å². The molecule has 3 fully saturated rings. The van der Waals surface area contributed by atoms with E-state index in [1.807, 2.05) is 0 Å². The van der Waals surface area contributed by atoms with Crippen LogP contribution < -0.4 is 0 Å². The van der Waals surface area contributed by atoms with Crippen LogP contribution in [0, 0.1) is 23.4 Å². The Morgan fingerprint density at radius 3 is 2.40 bits per heavy atom. The molecule has 0 radical (unpaired) electrons. The van der Waals surface area contributed by atoms with Gasteiger partial charge in [0.05, 0.1) is 18.4 Å². The van der Waals surface area contributed by atoms with Gasteiger partial charge in [0, 0.05) is 58.4 Å². The first-order chi connectivity index (χ1) is 21.5. The molecule has 0 unspecified atom stereocenters. The molecule has 12 nitrogen and oxygen atoms in total. The van der Waals surface area contributed by atoms with E-state index >= 15 is 0 Å². The Morgan fingerprint density at radius 2 is 1.76 bits per heavy atom. The van der Waals surface area contributed by atoms with Gasteiger partial charge in [0.1, 0.15) is 40.7 Å². The van der Waals surface area contributed by atoms with Gasteiger partial charge in [0.2, 0.25) is 5.91 Å². The summed E-state index contributed by atoms with van der Waals surface area (Å²) in [6.07, 6.45) is -0.158. The van der Waals surface area contributed by atoms with E-state index in [1.54, 1.807) is 11.9 Å². The zero-order chi connectivity index (χ0) is 32.3. The van der Waals surface area contributed by atoms with Crippen LogP contribution in [0.2, 0.25) is 0 Å². The standard InChI is InChI=1S/C29H39F3N4O8S/c1-35(7-2-16-3-8-42-9-4-16)27(40)26(29(41)5-10-43-11-6-29)45-28-25(39)23(24(38)21(15-37)44-28)36-14-20(33-34-36)17-12-18(30)22(32)19(31)13-17/h12-14,16,21,23-26,28,37-39,41H,2-11,15H2,1H3/t21-,23+,24+,25-,26-,28+/m1/s1. The van der Waals surface area contributed by atoms with E-state index < -0.39 is 64.7 Å². The molecule has 0 aliphatic carbocycles. The van der Waals surface area contributed by atoms with Gasteiger partial charge in [-0.2, -0.15) is 0 Å². The van der Waals surface area contributed by atoms with Crippen LogP contribution in [0.25, 0.3) is 11.3 Å². The molecule has 250 valence electrons. The Balaban J connectivity index is 1.38. The molecule has 16 heteroatoms. The van der Waals surface area contributed by atoms with E-state index in [-0.39, 0.29) is 43.2 Å². The molecule has 3 saturated heterocycles. The Hall–Kier alpha value is -2.31. The third-order valence-corrected chi connectivity index (χ3v) is 10.4. The van der Waals surface area contributed by atoms with E-state index in [0.29, 0.717) is 25.7 Å². The maximum absolute atomic E-state index is 13.9. The lowest BCUT2D eigenvalue weighted by Gasteiger charge is -2.45. The number of nitrogens with zero attached hydrogens (tertiary/aromatic N) is 4. The van der Waals surface area contributed by atoms with Crippen molar-refractivity contribution in [3.8, 4) is 11.3 Å². The van der Waals surface area contributed by atoms with Crippen LogP contribution in [0.3, 0.4) is 0 Å². The van der Waals surface area contributed by atoms with Gasteiger partial charge in [-0.3, -0.25) is 4.79 Å². The van der Waals surface area contributed by atoms with Crippen molar-refractivity contribution in [2.24, 2.45) is 5.92 Å². The summed E-state index contributed by atoms with van der Waals surface area (Å²) in [5.74, 6) is -4.45. The van der Waals surface area contributed by atoms with Crippen molar-refractivity contribution in [2.45, 2.75) is 72.7 Å². The molecule has 6 atom stereocenters. The zero-order valence-electron chi connectivity index (χ0n) is 24.8. The highest BCUT2D eigenvalue weighted by Gasteiger charge is 2.51. The van der Waals surface area contributed by atoms with Crippen LogP contribution >= 0.6 is 11.8 Å². The largest absolute Gasteiger partial charge is 0.394 e. The number of rotatable bonds is 10. The molecule has 4 heterocycles. The maximum Gasteiger partial charge on any atom is 0.238 e. The number of aromatic nitrogens is 3. The molecule has 0 saturated carbocycles. The van der Waals surface area contributed by atoms with Crippen molar-refractivity contribution >= 4 is 17.7 Å². The summed E-state index contributed by atoms with van der Waals surface area (Å²) in [6.45, 7) is 1.62. The minimum absolute atomic E-state index is 0.0702. The minimum atomic E-state index is -1.64. The van der Waals surface area contributed by atoms with E-state index in [1.165, 1.54) is 6.20 Å². The summed E-state index contributed by atoms with van der Waals surface area (Å²) in [5, 5.41) is 51.0. The number of aliphatic hydroxyl groups is 4. The van der Waals surface area contributed by atoms with E-state index in [0.717, 1.165) is 47.8 Å². The number of amides is 1. The third kappa shape index (κ3) is 7.48.